The third kappa shape index (κ3) is 7.97. The second-order valence-corrected chi connectivity index (χ2v) is 10.9. The number of esters is 2. The maximum absolute atomic E-state index is 13.0. The van der Waals surface area contributed by atoms with Crippen LogP contribution in [-0.4, -0.2) is 42.0 Å². The van der Waals surface area contributed by atoms with Gasteiger partial charge in [0.05, 0.1) is 23.9 Å². The molecule has 0 spiro atoms. The molecule has 208 valence electrons. The first-order chi connectivity index (χ1) is 19.3. The van der Waals surface area contributed by atoms with E-state index in [1.807, 2.05) is 74.5 Å². The number of thiophene rings is 1. The molecule has 2 heterocycles. The predicted molar refractivity (Wildman–Crippen MR) is 156 cm³/mol. The van der Waals surface area contributed by atoms with Crippen LogP contribution < -0.4 is 10.6 Å². The summed E-state index contributed by atoms with van der Waals surface area (Å²) in [6.45, 7) is 4.15. The molecule has 4 rings (SSSR count). The number of methoxy groups -OCH3 is 1. The van der Waals surface area contributed by atoms with Crippen LogP contribution >= 0.6 is 11.3 Å². The van der Waals surface area contributed by atoms with Gasteiger partial charge in [-0.2, -0.15) is 0 Å². The summed E-state index contributed by atoms with van der Waals surface area (Å²) < 4.78 is 11.6. The Morgan fingerprint density at radius 1 is 0.925 bits per heavy atom. The molecule has 0 saturated heterocycles. The lowest BCUT2D eigenvalue weighted by Crippen LogP contribution is -2.49. The van der Waals surface area contributed by atoms with Gasteiger partial charge in [0.15, 0.2) is 0 Å². The van der Waals surface area contributed by atoms with E-state index in [0.717, 1.165) is 15.6 Å². The quantitative estimate of drug-likeness (QED) is 0.225. The Bertz CT molecular complexity index is 1400. The maximum atomic E-state index is 13.0. The van der Waals surface area contributed by atoms with Gasteiger partial charge in [-0.05, 0) is 47.6 Å². The summed E-state index contributed by atoms with van der Waals surface area (Å²) >= 11 is 1.43. The summed E-state index contributed by atoms with van der Waals surface area (Å²) in [7, 11) is 1.31. The number of ether oxygens (including phenoxy) is 2. The molecular weight excluding hydrogens is 526 g/mol. The van der Waals surface area contributed by atoms with Gasteiger partial charge in [-0.3, -0.25) is 24.7 Å². The molecule has 9 heteroatoms. The predicted octanol–water partition coefficient (Wildman–Crippen LogP) is 5.38. The molecule has 8 nitrogen and oxygen atoms in total. The Balaban J connectivity index is 1.40. The molecule has 0 radical (unpaired) electrons. The molecular formula is C31H33N3O5S. The summed E-state index contributed by atoms with van der Waals surface area (Å²) in [6, 6.07) is 21.1. The van der Waals surface area contributed by atoms with Crippen LogP contribution in [0.3, 0.4) is 0 Å². The van der Waals surface area contributed by atoms with Gasteiger partial charge < -0.3 is 14.8 Å². The second-order valence-electron chi connectivity index (χ2n) is 9.86. The zero-order valence-corrected chi connectivity index (χ0v) is 23.6. The van der Waals surface area contributed by atoms with Crippen molar-refractivity contribution in [2.24, 2.45) is 5.92 Å². The maximum Gasteiger partial charge on any atom is 0.323 e. The lowest BCUT2D eigenvalue weighted by Gasteiger charge is -2.24. The number of aromatic nitrogens is 1. The average Bonchev–Trinajstić information content (AvgIpc) is 3.41. The van der Waals surface area contributed by atoms with Crippen LogP contribution in [0, 0.1) is 5.92 Å². The molecule has 0 aliphatic rings. The Hall–Kier alpha value is -4.08. The summed E-state index contributed by atoms with van der Waals surface area (Å²) in [5, 5.41) is 7.04. The molecule has 0 fully saturated rings. The zero-order chi connectivity index (χ0) is 28.5. The van der Waals surface area contributed by atoms with E-state index in [2.05, 4.69) is 15.6 Å². The van der Waals surface area contributed by atoms with Gasteiger partial charge in [-0.1, -0.05) is 62.4 Å². The standard InChI is InChI=1S/C31H33N3O5S/c1-20(2)15-25(31(37)39-19-21-9-5-4-6-10-21)34-26(30(36)38-3)17-23-13-14-24(18-32-23)33-29(35)28-16-22-11-7-8-12-27(22)40-28/h4-14,16,18,20,25-26,34H,15,17,19H2,1-3H3,(H,33,35). The Morgan fingerprint density at radius 2 is 1.68 bits per heavy atom. The molecule has 2 aromatic heterocycles. The number of hydrogen-bond donors (Lipinski definition) is 2. The van der Waals surface area contributed by atoms with Gasteiger partial charge in [0.2, 0.25) is 0 Å². The highest BCUT2D eigenvalue weighted by Gasteiger charge is 2.29. The van der Waals surface area contributed by atoms with E-state index in [-0.39, 0.29) is 24.9 Å². The average molecular weight is 560 g/mol. The highest BCUT2D eigenvalue weighted by Crippen LogP contribution is 2.26. The highest BCUT2D eigenvalue weighted by atomic mass is 32.1. The smallest absolute Gasteiger partial charge is 0.323 e. The number of carbonyl (C=O) groups excluding carboxylic acids is 3. The molecule has 4 aromatic rings. The van der Waals surface area contributed by atoms with Crippen LogP contribution in [0.1, 0.15) is 41.2 Å². The zero-order valence-electron chi connectivity index (χ0n) is 22.8. The monoisotopic (exact) mass is 559 g/mol. The van der Waals surface area contributed by atoms with Gasteiger partial charge >= 0.3 is 11.9 Å². The number of anilines is 1. The molecule has 2 atom stereocenters. The molecule has 0 aliphatic heterocycles. The van der Waals surface area contributed by atoms with Gasteiger partial charge in [0, 0.05) is 16.8 Å². The Morgan fingerprint density at radius 3 is 2.35 bits per heavy atom. The van der Waals surface area contributed by atoms with E-state index in [0.29, 0.717) is 22.7 Å². The second kappa shape index (κ2) is 13.8. The van der Waals surface area contributed by atoms with E-state index in [1.165, 1.54) is 18.4 Å². The summed E-state index contributed by atoms with van der Waals surface area (Å²) in [6.07, 6.45) is 2.23. The number of fused-ring (bicyclic) bond motifs is 1. The van der Waals surface area contributed by atoms with Gasteiger partial charge in [0.25, 0.3) is 5.91 Å². The minimum Gasteiger partial charge on any atom is -0.468 e. The van der Waals surface area contributed by atoms with Crippen molar-refractivity contribution in [3.8, 4) is 0 Å². The van der Waals surface area contributed by atoms with Crippen molar-refractivity contribution < 1.29 is 23.9 Å². The summed E-state index contributed by atoms with van der Waals surface area (Å²) in [5.41, 5.74) is 2.02. The van der Waals surface area contributed by atoms with Crippen molar-refractivity contribution in [3.63, 3.8) is 0 Å². The van der Waals surface area contributed by atoms with E-state index >= 15 is 0 Å². The minimum atomic E-state index is -0.815. The van der Waals surface area contributed by atoms with E-state index < -0.39 is 24.0 Å². The normalized spacial score (nSPS) is 12.6. The van der Waals surface area contributed by atoms with Crippen molar-refractivity contribution in [1.29, 1.82) is 0 Å². The Kier molecular flexibility index (Phi) is 9.99. The van der Waals surface area contributed by atoms with Crippen molar-refractivity contribution >= 4 is 45.0 Å². The SMILES string of the molecule is COC(=O)C(Cc1ccc(NC(=O)c2cc3ccccc3s2)cn1)NC(CC(C)C)C(=O)OCc1ccccc1. The van der Waals surface area contributed by atoms with Crippen molar-refractivity contribution in [2.75, 3.05) is 12.4 Å². The number of nitrogens with zero attached hydrogens (tertiary/aromatic N) is 1. The lowest BCUT2D eigenvalue weighted by atomic mass is 10.0. The van der Waals surface area contributed by atoms with Crippen LogP contribution in [0.15, 0.2) is 79.0 Å². The van der Waals surface area contributed by atoms with Crippen LogP contribution in [0.5, 0.6) is 0 Å². The van der Waals surface area contributed by atoms with Crippen molar-refractivity contribution in [2.45, 2.75) is 45.4 Å². The fourth-order valence-electron chi connectivity index (χ4n) is 4.24. The van der Waals surface area contributed by atoms with Crippen molar-refractivity contribution in [1.82, 2.24) is 10.3 Å². The molecule has 40 heavy (non-hydrogen) atoms. The summed E-state index contributed by atoms with van der Waals surface area (Å²) in [5.74, 6) is -0.968. The minimum absolute atomic E-state index is 0.148. The largest absolute Gasteiger partial charge is 0.468 e. The van der Waals surface area contributed by atoms with Crippen LogP contribution in [0.25, 0.3) is 10.1 Å². The number of carbonyl (C=O) groups is 3. The molecule has 0 aliphatic carbocycles. The number of hydrogen-bond acceptors (Lipinski definition) is 8. The Labute approximate surface area is 237 Å². The molecule has 2 aromatic carbocycles. The van der Waals surface area contributed by atoms with Gasteiger partial charge in [-0.25, -0.2) is 0 Å². The number of pyridine rings is 1. The molecule has 1 amide bonds. The fraction of sp³-hybridized carbons (Fsp3) is 0.290. The third-order valence-electron chi connectivity index (χ3n) is 6.25. The van der Waals surface area contributed by atoms with Crippen LogP contribution in [0.2, 0.25) is 0 Å². The number of amides is 1. The fourth-order valence-corrected chi connectivity index (χ4v) is 5.20. The van der Waals surface area contributed by atoms with Gasteiger partial charge in [0.1, 0.15) is 18.7 Å². The molecule has 0 bridgehead atoms. The van der Waals surface area contributed by atoms with E-state index in [4.69, 9.17) is 9.47 Å². The topological polar surface area (TPSA) is 107 Å². The van der Waals surface area contributed by atoms with E-state index in [9.17, 15) is 14.4 Å². The van der Waals surface area contributed by atoms with Crippen molar-refractivity contribution in [3.05, 3.63) is 95.1 Å². The molecule has 0 saturated carbocycles. The van der Waals surface area contributed by atoms with E-state index in [1.54, 1.807) is 18.3 Å². The first-order valence-electron chi connectivity index (χ1n) is 13.1. The number of rotatable bonds is 12. The van der Waals surface area contributed by atoms with Crippen LogP contribution in [-0.2, 0) is 32.1 Å². The third-order valence-corrected chi connectivity index (χ3v) is 7.36. The summed E-state index contributed by atoms with van der Waals surface area (Å²) in [4.78, 5) is 43.4. The highest BCUT2D eigenvalue weighted by molar-refractivity contribution is 7.20. The molecule has 2 unspecified atom stereocenters. The molecule has 2 N–H and O–H groups in total. The number of benzene rings is 2. The van der Waals surface area contributed by atoms with Gasteiger partial charge in [-0.15, -0.1) is 11.3 Å². The first-order valence-corrected chi connectivity index (χ1v) is 13.9. The van der Waals surface area contributed by atoms with Crippen LogP contribution in [0.4, 0.5) is 5.69 Å². The number of nitrogens with one attached hydrogen (secondary N) is 2. The first kappa shape index (κ1) is 28.9. The lowest BCUT2D eigenvalue weighted by molar-refractivity contribution is -0.149.